The molecule has 0 amide bonds. The van der Waals surface area contributed by atoms with E-state index in [0.717, 1.165) is 18.4 Å². The van der Waals surface area contributed by atoms with E-state index in [9.17, 15) is 9.90 Å². The molecule has 5 heteroatoms. The summed E-state index contributed by atoms with van der Waals surface area (Å²) in [6, 6.07) is 7.62. The lowest BCUT2D eigenvalue weighted by Gasteiger charge is -2.18. The standard InChI is InChI=1S/C15H16N2O3/c1-9-13(6-7-20-9)17-14-11-5-3-2-4-10(11)12(8-16-14)15(18)19/h2-5,8-9,13H,6-7H2,1H3,(H,16,17)(H,18,19). The Kier molecular flexibility index (Phi) is 3.28. The summed E-state index contributed by atoms with van der Waals surface area (Å²) in [5, 5.41) is 14.1. The molecule has 2 unspecified atom stereocenters. The normalized spacial score (nSPS) is 22.1. The van der Waals surface area contributed by atoms with E-state index in [1.807, 2.05) is 25.1 Å². The number of anilines is 1. The number of aromatic nitrogens is 1. The first-order chi connectivity index (χ1) is 9.66. The Labute approximate surface area is 116 Å². The Bertz CT molecular complexity index is 657. The van der Waals surface area contributed by atoms with Crippen LogP contribution in [-0.2, 0) is 4.74 Å². The molecule has 1 aromatic carbocycles. The van der Waals surface area contributed by atoms with Gasteiger partial charge in [-0.3, -0.25) is 0 Å². The molecule has 1 aromatic heterocycles. The van der Waals surface area contributed by atoms with Gasteiger partial charge in [-0.25, -0.2) is 9.78 Å². The maximum absolute atomic E-state index is 11.2. The minimum atomic E-state index is -0.960. The molecule has 2 atom stereocenters. The third kappa shape index (κ3) is 2.20. The highest BCUT2D eigenvalue weighted by Crippen LogP contribution is 2.27. The highest BCUT2D eigenvalue weighted by molar-refractivity contribution is 6.06. The summed E-state index contributed by atoms with van der Waals surface area (Å²) in [7, 11) is 0. The summed E-state index contributed by atoms with van der Waals surface area (Å²) in [4.78, 5) is 15.5. The van der Waals surface area contributed by atoms with Crippen molar-refractivity contribution in [2.24, 2.45) is 0 Å². The largest absolute Gasteiger partial charge is 0.478 e. The van der Waals surface area contributed by atoms with Crippen LogP contribution in [0, 0.1) is 0 Å². The molecule has 0 radical (unpaired) electrons. The van der Waals surface area contributed by atoms with Crippen LogP contribution in [0.25, 0.3) is 10.8 Å². The predicted octanol–water partition coefficient (Wildman–Crippen LogP) is 2.52. The van der Waals surface area contributed by atoms with Crippen molar-refractivity contribution in [3.63, 3.8) is 0 Å². The number of carboxylic acids is 1. The molecule has 3 rings (SSSR count). The lowest BCUT2D eigenvalue weighted by molar-refractivity contribution is 0.0698. The highest BCUT2D eigenvalue weighted by Gasteiger charge is 2.25. The number of rotatable bonds is 3. The first-order valence-corrected chi connectivity index (χ1v) is 6.66. The van der Waals surface area contributed by atoms with Crippen molar-refractivity contribution in [3.05, 3.63) is 36.0 Å². The Morgan fingerprint density at radius 3 is 2.80 bits per heavy atom. The summed E-state index contributed by atoms with van der Waals surface area (Å²) in [6.07, 6.45) is 2.47. The van der Waals surface area contributed by atoms with Gasteiger partial charge in [0.1, 0.15) is 5.82 Å². The van der Waals surface area contributed by atoms with E-state index in [1.54, 1.807) is 6.07 Å². The molecule has 1 fully saturated rings. The second kappa shape index (κ2) is 5.09. The lowest BCUT2D eigenvalue weighted by Crippen LogP contribution is -2.27. The zero-order valence-corrected chi connectivity index (χ0v) is 11.2. The van der Waals surface area contributed by atoms with Crippen molar-refractivity contribution >= 4 is 22.6 Å². The molecule has 20 heavy (non-hydrogen) atoms. The molecule has 0 aliphatic carbocycles. The smallest absolute Gasteiger partial charge is 0.337 e. The molecule has 1 saturated heterocycles. The zero-order valence-electron chi connectivity index (χ0n) is 11.2. The zero-order chi connectivity index (χ0) is 14.1. The number of fused-ring (bicyclic) bond motifs is 1. The molecule has 0 saturated carbocycles. The van der Waals surface area contributed by atoms with Crippen molar-refractivity contribution in [2.75, 3.05) is 11.9 Å². The number of hydrogen-bond donors (Lipinski definition) is 2. The average molecular weight is 272 g/mol. The molecule has 2 heterocycles. The maximum atomic E-state index is 11.2. The third-order valence-electron chi connectivity index (χ3n) is 3.72. The second-order valence-electron chi connectivity index (χ2n) is 4.99. The summed E-state index contributed by atoms with van der Waals surface area (Å²) in [5.74, 6) is -0.245. The molecule has 0 spiro atoms. The van der Waals surface area contributed by atoms with Gasteiger partial charge < -0.3 is 15.2 Å². The van der Waals surface area contributed by atoms with Crippen LogP contribution >= 0.6 is 0 Å². The first-order valence-electron chi connectivity index (χ1n) is 6.66. The van der Waals surface area contributed by atoms with E-state index in [2.05, 4.69) is 10.3 Å². The van der Waals surface area contributed by atoms with Crippen molar-refractivity contribution < 1.29 is 14.6 Å². The van der Waals surface area contributed by atoms with E-state index in [4.69, 9.17) is 4.74 Å². The number of hydrogen-bond acceptors (Lipinski definition) is 4. The second-order valence-corrected chi connectivity index (χ2v) is 4.99. The van der Waals surface area contributed by atoms with Crippen LogP contribution in [0.4, 0.5) is 5.82 Å². The van der Waals surface area contributed by atoms with Gasteiger partial charge in [0.25, 0.3) is 0 Å². The number of ether oxygens (including phenoxy) is 1. The molecule has 5 nitrogen and oxygen atoms in total. The highest BCUT2D eigenvalue weighted by atomic mass is 16.5. The van der Waals surface area contributed by atoms with Crippen LogP contribution in [0.1, 0.15) is 23.7 Å². The molecule has 2 N–H and O–H groups in total. The molecular weight excluding hydrogens is 256 g/mol. The predicted molar refractivity (Wildman–Crippen MR) is 76.1 cm³/mol. The molecule has 104 valence electrons. The monoisotopic (exact) mass is 272 g/mol. The van der Waals surface area contributed by atoms with Gasteiger partial charge in [0, 0.05) is 23.6 Å². The number of aromatic carboxylic acids is 1. The van der Waals surface area contributed by atoms with Gasteiger partial charge in [-0.15, -0.1) is 0 Å². The molecule has 1 aliphatic heterocycles. The number of benzene rings is 1. The van der Waals surface area contributed by atoms with Gasteiger partial charge in [0.15, 0.2) is 0 Å². The van der Waals surface area contributed by atoms with Crippen LogP contribution in [0.15, 0.2) is 30.5 Å². The van der Waals surface area contributed by atoms with Crippen LogP contribution in [0.3, 0.4) is 0 Å². The van der Waals surface area contributed by atoms with Crippen LogP contribution in [0.5, 0.6) is 0 Å². The van der Waals surface area contributed by atoms with Gasteiger partial charge in [0.2, 0.25) is 0 Å². The minimum Gasteiger partial charge on any atom is -0.478 e. The SMILES string of the molecule is CC1OCCC1Nc1ncc(C(=O)O)c2ccccc12. The van der Waals surface area contributed by atoms with Crippen molar-refractivity contribution in [1.82, 2.24) is 4.98 Å². The van der Waals surface area contributed by atoms with E-state index in [1.165, 1.54) is 6.20 Å². The van der Waals surface area contributed by atoms with Crippen molar-refractivity contribution in [2.45, 2.75) is 25.5 Å². The summed E-state index contributed by atoms with van der Waals surface area (Å²) >= 11 is 0. The Balaban J connectivity index is 2.04. The van der Waals surface area contributed by atoms with Crippen molar-refractivity contribution in [3.8, 4) is 0 Å². The van der Waals surface area contributed by atoms with Gasteiger partial charge in [-0.1, -0.05) is 24.3 Å². The van der Waals surface area contributed by atoms with Crippen molar-refractivity contribution in [1.29, 1.82) is 0 Å². The fourth-order valence-corrected chi connectivity index (χ4v) is 2.58. The number of nitrogens with one attached hydrogen (secondary N) is 1. The Morgan fingerprint density at radius 1 is 1.40 bits per heavy atom. The van der Waals surface area contributed by atoms with Gasteiger partial charge in [-0.05, 0) is 13.3 Å². The lowest BCUT2D eigenvalue weighted by atomic mass is 10.1. The van der Waals surface area contributed by atoms with E-state index < -0.39 is 5.97 Å². The topological polar surface area (TPSA) is 71.5 Å². The van der Waals surface area contributed by atoms with E-state index in [0.29, 0.717) is 11.2 Å². The number of pyridine rings is 1. The van der Waals surface area contributed by atoms with Gasteiger partial charge >= 0.3 is 5.97 Å². The molecule has 0 bridgehead atoms. The fraction of sp³-hybridized carbons (Fsp3) is 0.333. The molecular formula is C15H16N2O3. The molecule has 2 aromatic rings. The van der Waals surface area contributed by atoms with E-state index >= 15 is 0 Å². The number of carbonyl (C=O) groups is 1. The van der Waals surface area contributed by atoms with Gasteiger partial charge in [0.05, 0.1) is 17.7 Å². The number of carboxylic acid groups (broad SMARTS) is 1. The Hall–Kier alpha value is -2.14. The summed E-state index contributed by atoms with van der Waals surface area (Å²) in [5.41, 5.74) is 0.224. The van der Waals surface area contributed by atoms with Crippen LogP contribution in [-0.4, -0.2) is 34.8 Å². The van der Waals surface area contributed by atoms with Crippen LogP contribution < -0.4 is 5.32 Å². The summed E-state index contributed by atoms with van der Waals surface area (Å²) in [6.45, 7) is 2.77. The summed E-state index contributed by atoms with van der Waals surface area (Å²) < 4.78 is 5.53. The minimum absolute atomic E-state index is 0.134. The number of nitrogens with zero attached hydrogens (tertiary/aromatic N) is 1. The fourth-order valence-electron chi connectivity index (χ4n) is 2.58. The third-order valence-corrected chi connectivity index (χ3v) is 3.72. The average Bonchev–Trinajstić information content (AvgIpc) is 2.84. The quantitative estimate of drug-likeness (QED) is 0.898. The van der Waals surface area contributed by atoms with Crippen LogP contribution in [0.2, 0.25) is 0 Å². The maximum Gasteiger partial charge on any atom is 0.337 e. The molecule has 1 aliphatic rings. The Morgan fingerprint density at radius 2 is 2.15 bits per heavy atom. The first kappa shape index (κ1) is 12.9. The van der Waals surface area contributed by atoms with E-state index in [-0.39, 0.29) is 17.7 Å². The van der Waals surface area contributed by atoms with Gasteiger partial charge in [-0.2, -0.15) is 0 Å².